The number of anilines is 1. The van der Waals surface area contributed by atoms with E-state index < -0.39 is 0 Å². The summed E-state index contributed by atoms with van der Waals surface area (Å²) in [5, 5.41) is 6.76. The lowest BCUT2D eigenvalue weighted by molar-refractivity contribution is 0.0960. The molecule has 0 fully saturated rings. The monoisotopic (exact) mass is 356 g/mol. The summed E-state index contributed by atoms with van der Waals surface area (Å²) < 4.78 is 5.68. The summed E-state index contributed by atoms with van der Waals surface area (Å²) in [7, 11) is 1.56. The molecule has 6 heteroatoms. The molecule has 0 radical (unpaired) electrons. The molecule has 0 saturated carbocycles. The van der Waals surface area contributed by atoms with Crippen LogP contribution in [0.5, 0.6) is 0 Å². The highest BCUT2D eigenvalue weighted by atomic mass is 35.5. The minimum Gasteiger partial charge on any atom is -0.451 e. The van der Waals surface area contributed by atoms with Gasteiger partial charge in [0.05, 0.1) is 0 Å². The number of hydrogen-bond donors (Lipinski definition) is 2. The molecular formula is C19H17ClN2O3. The molecule has 1 heterocycles. The molecule has 25 heavy (non-hydrogen) atoms. The van der Waals surface area contributed by atoms with E-state index in [2.05, 4.69) is 10.6 Å². The summed E-state index contributed by atoms with van der Waals surface area (Å²) in [6, 6.07) is 10.3. The number of aryl methyl sites for hydroxylation is 2. The van der Waals surface area contributed by atoms with Gasteiger partial charge in [0.15, 0.2) is 5.76 Å². The summed E-state index contributed by atoms with van der Waals surface area (Å²) in [4.78, 5) is 24.4. The molecule has 2 amide bonds. The molecule has 3 aromatic rings. The molecule has 1 aromatic heterocycles. The quantitative estimate of drug-likeness (QED) is 0.734. The zero-order valence-electron chi connectivity index (χ0n) is 14.1. The molecule has 0 aliphatic heterocycles. The molecule has 3 rings (SSSR count). The van der Waals surface area contributed by atoms with Crippen LogP contribution in [0.25, 0.3) is 11.0 Å². The normalized spacial score (nSPS) is 10.7. The highest BCUT2D eigenvalue weighted by Gasteiger charge is 2.19. The van der Waals surface area contributed by atoms with Gasteiger partial charge < -0.3 is 15.1 Å². The SMILES string of the molecule is CNC(=O)c1ccc(C)c(NC(=O)c2oc3ccc(Cl)cc3c2C)c1. The second-order valence-corrected chi connectivity index (χ2v) is 6.20. The minimum atomic E-state index is -0.373. The number of fused-ring (bicyclic) bond motifs is 1. The first-order chi connectivity index (χ1) is 11.9. The third kappa shape index (κ3) is 3.23. The van der Waals surface area contributed by atoms with Gasteiger partial charge in [0.25, 0.3) is 11.8 Å². The Kier molecular flexibility index (Phi) is 4.51. The first-order valence-corrected chi connectivity index (χ1v) is 8.11. The maximum Gasteiger partial charge on any atom is 0.291 e. The number of rotatable bonds is 3. The van der Waals surface area contributed by atoms with E-state index in [9.17, 15) is 9.59 Å². The second kappa shape index (κ2) is 6.61. The van der Waals surface area contributed by atoms with Gasteiger partial charge >= 0.3 is 0 Å². The van der Waals surface area contributed by atoms with Crippen molar-refractivity contribution in [3.05, 3.63) is 63.9 Å². The van der Waals surface area contributed by atoms with Crippen LogP contribution in [-0.2, 0) is 0 Å². The predicted octanol–water partition coefficient (Wildman–Crippen LogP) is 4.31. The van der Waals surface area contributed by atoms with Crippen LogP contribution in [-0.4, -0.2) is 18.9 Å². The van der Waals surface area contributed by atoms with Gasteiger partial charge in [-0.25, -0.2) is 0 Å². The fraction of sp³-hybridized carbons (Fsp3) is 0.158. The maximum absolute atomic E-state index is 12.7. The predicted molar refractivity (Wildman–Crippen MR) is 98.5 cm³/mol. The van der Waals surface area contributed by atoms with Crippen LogP contribution >= 0.6 is 11.6 Å². The Morgan fingerprint density at radius 3 is 2.52 bits per heavy atom. The van der Waals surface area contributed by atoms with Gasteiger partial charge in [0.2, 0.25) is 0 Å². The average molecular weight is 357 g/mol. The van der Waals surface area contributed by atoms with Crippen LogP contribution in [0, 0.1) is 13.8 Å². The molecule has 0 spiro atoms. The van der Waals surface area contributed by atoms with Gasteiger partial charge in [0, 0.05) is 34.3 Å². The van der Waals surface area contributed by atoms with Crippen LogP contribution in [0.15, 0.2) is 40.8 Å². The van der Waals surface area contributed by atoms with E-state index in [1.54, 1.807) is 43.4 Å². The number of halogens is 1. The average Bonchev–Trinajstić information content (AvgIpc) is 2.92. The summed E-state index contributed by atoms with van der Waals surface area (Å²) in [5.74, 6) is -0.367. The van der Waals surface area contributed by atoms with Gasteiger partial charge in [-0.3, -0.25) is 9.59 Å². The molecule has 0 atom stereocenters. The lowest BCUT2D eigenvalue weighted by Gasteiger charge is -2.09. The van der Waals surface area contributed by atoms with Crippen molar-refractivity contribution in [1.82, 2.24) is 5.32 Å². The van der Waals surface area contributed by atoms with Crippen molar-refractivity contribution in [2.75, 3.05) is 12.4 Å². The Morgan fingerprint density at radius 1 is 1.04 bits per heavy atom. The van der Waals surface area contributed by atoms with E-state index in [-0.39, 0.29) is 17.6 Å². The topological polar surface area (TPSA) is 71.3 Å². The first-order valence-electron chi connectivity index (χ1n) is 7.73. The lowest BCUT2D eigenvalue weighted by Crippen LogP contribution is -2.19. The summed E-state index contributed by atoms with van der Waals surface area (Å²) >= 11 is 6.01. The Labute approximate surface area is 150 Å². The third-order valence-electron chi connectivity index (χ3n) is 4.08. The number of carbonyl (C=O) groups excluding carboxylic acids is 2. The molecule has 0 aliphatic carbocycles. The van der Waals surface area contributed by atoms with Crippen molar-refractivity contribution >= 4 is 40.1 Å². The van der Waals surface area contributed by atoms with Crippen molar-refractivity contribution in [2.45, 2.75) is 13.8 Å². The Hall–Kier alpha value is -2.79. The van der Waals surface area contributed by atoms with Gasteiger partial charge in [-0.2, -0.15) is 0 Å². The number of furan rings is 1. The fourth-order valence-electron chi connectivity index (χ4n) is 2.63. The van der Waals surface area contributed by atoms with Crippen molar-refractivity contribution in [2.24, 2.45) is 0 Å². The van der Waals surface area contributed by atoms with Crippen molar-refractivity contribution < 1.29 is 14.0 Å². The highest BCUT2D eigenvalue weighted by Crippen LogP contribution is 2.29. The number of hydrogen-bond acceptors (Lipinski definition) is 3. The van der Waals surface area contributed by atoms with E-state index in [0.717, 1.165) is 16.5 Å². The van der Waals surface area contributed by atoms with Crippen molar-refractivity contribution in [3.63, 3.8) is 0 Å². The standard InChI is InChI=1S/C19H17ClN2O3/c1-10-4-5-12(18(23)21-3)8-15(10)22-19(24)17-11(2)14-9-13(20)6-7-16(14)25-17/h4-9H,1-3H3,(H,21,23)(H,22,24). The van der Waals surface area contributed by atoms with Crippen LogP contribution in [0.3, 0.4) is 0 Å². The van der Waals surface area contributed by atoms with Crippen LogP contribution < -0.4 is 10.6 Å². The second-order valence-electron chi connectivity index (χ2n) is 5.76. The zero-order valence-corrected chi connectivity index (χ0v) is 14.8. The highest BCUT2D eigenvalue weighted by molar-refractivity contribution is 6.31. The lowest BCUT2D eigenvalue weighted by atomic mass is 10.1. The fourth-order valence-corrected chi connectivity index (χ4v) is 2.80. The van der Waals surface area contributed by atoms with Gasteiger partial charge in [-0.1, -0.05) is 17.7 Å². The number of nitrogens with one attached hydrogen (secondary N) is 2. The molecule has 0 unspecified atom stereocenters. The molecule has 2 N–H and O–H groups in total. The Morgan fingerprint density at radius 2 is 1.80 bits per heavy atom. The van der Waals surface area contributed by atoms with E-state index >= 15 is 0 Å². The van der Waals surface area contributed by atoms with Gasteiger partial charge in [0.1, 0.15) is 5.58 Å². The molecule has 0 saturated heterocycles. The molecule has 0 bridgehead atoms. The van der Waals surface area contributed by atoms with Gasteiger partial charge in [-0.05, 0) is 49.7 Å². The summed E-state index contributed by atoms with van der Waals surface area (Å²) in [6.07, 6.45) is 0. The number of benzene rings is 2. The van der Waals surface area contributed by atoms with Crippen molar-refractivity contribution in [1.29, 1.82) is 0 Å². The molecule has 2 aromatic carbocycles. The third-order valence-corrected chi connectivity index (χ3v) is 4.31. The molecule has 0 aliphatic rings. The molecule has 5 nitrogen and oxygen atoms in total. The van der Waals surface area contributed by atoms with E-state index in [1.165, 1.54) is 0 Å². The summed E-state index contributed by atoms with van der Waals surface area (Å²) in [6.45, 7) is 3.67. The first kappa shape index (κ1) is 17.0. The summed E-state index contributed by atoms with van der Waals surface area (Å²) in [5.41, 5.74) is 3.19. The molecular weight excluding hydrogens is 340 g/mol. The molecule has 128 valence electrons. The van der Waals surface area contributed by atoms with Crippen LogP contribution in [0.4, 0.5) is 5.69 Å². The number of carbonyl (C=O) groups is 2. The number of amides is 2. The maximum atomic E-state index is 12.7. The van der Waals surface area contributed by atoms with Crippen LogP contribution in [0.2, 0.25) is 5.02 Å². The minimum absolute atomic E-state index is 0.218. The zero-order chi connectivity index (χ0) is 18.1. The van der Waals surface area contributed by atoms with Crippen molar-refractivity contribution in [3.8, 4) is 0 Å². The van der Waals surface area contributed by atoms with E-state index in [1.807, 2.05) is 13.8 Å². The Balaban J connectivity index is 1.95. The van der Waals surface area contributed by atoms with Crippen LogP contribution in [0.1, 0.15) is 32.0 Å². The largest absolute Gasteiger partial charge is 0.451 e. The smallest absolute Gasteiger partial charge is 0.291 e. The van der Waals surface area contributed by atoms with E-state index in [0.29, 0.717) is 21.9 Å². The van der Waals surface area contributed by atoms with E-state index in [4.69, 9.17) is 16.0 Å². The van der Waals surface area contributed by atoms with Gasteiger partial charge in [-0.15, -0.1) is 0 Å². The Bertz CT molecular complexity index is 992.